The first-order valence-electron chi connectivity index (χ1n) is 6.29. The molecule has 1 aliphatic heterocycles. The zero-order chi connectivity index (χ0) is 15.0. The van der Waals surface area contributed by atoms with Crippen molar-refractivity contribution < 1.29 is 14.0 Å². The average Bonchev–Trinajstić information content (AvgIpc) is 2.82. The number of carbonyl (C=O) groups excluding carboxylic acids is 2. The smallest absolute Gasteiger partial charge is 0.230 e. The zero-order valence-corrected chi connectivity index (χ0v) is 11.6. The Bertz CT molecular complexity index is 761. The number of aromatic nitrogens is 1. The summed E-state index contributed by atoms with van der Waals surface area (Å²) in [5.74, 6) is -0.425. The molecule has 1 amide bonds. The highest BCUT2D eigenvalue weighted by molar-refractivity contribution is 6.30. The first kappa shape index (κ1) is 13.7. The van der Waals surface area contributed by atoms with E-state index in [2.05, 4.69) is 10.3 Å². The van der Waals surface area contributed by atoms with Gasteiger partial charge in [0.25, 0.3) is 0 Å². The summed E-state index contributed by atoms with van der Waals surface area (Å²) in [6.45, 7) is 0. The highest BCUT2D eigenvalue weighted by Crippen LogP contribution is 2.25. The molecule has 106 valence electrons. The monoisotopic (exact) mass is 304 g/mol. The summed E-state index contributed by atoms with van der Waals surface area (Å²) in [5, 5.41) is 2.58. The Kier molecular flexibility index (Phi) is 3.43. The molecule has 0 radical (unpaired) electrons. The van der Waals surface area contributed by atoms with Crippen LogP contribution in [0.25, 0.3) is 0 Å². The Hall–Kier alpha value is -2.27. The maximum absolute atomic E-state index is 13.1. The minimum absolute atomic E-state index is 0.0166. The Morgan fingerprint density at radius 3 is 2.95 bits per heavy atom. The number of anilines is 1. The van der Waals surface area contributed by atoms with E-state index in [0.29, 0.717) is 22.5 Å². The van der Waals surface area contributed by atoms with Crippen LogP contribution in [0.15, 0.2) is 30.5 Å². The second-order valence-electron chi connectivity index (χ2n) is 4.76. The van der Waals surface area contributed by atoms with E-state index in [0.717, 1.165) is 0 Å². The van der Waals surface area contributed by atoms with Crippen molar-refractivity contribution in [1.82, 2.24) is 4.98 Å². The van der Waals surface area contributed by atoms with Gasteiger partial charge in [0, 0.05) is 23.7 Å². The van der Waals surface area contributed by atoms with E-state index in [1.807, 2.05) is 0 Å². The van der Waals surface area contributed by atoms with Crippen molar-refractivity contribution in [1.29, 1.82) is 0 Å². The van der Waals surface area contributed by atoms with Crippen molar-refractivity contribution in [2.24, 2.45) is 0 Å². The minimum Gasteiger partial charge on any atom is -0.310 e. The second kappa shape index (κ2) is 5.26. The molecular formula is C15H10ClFN2O2. The molecule has 6 heteroatoms. The van der Waals surface area contributed by atoms with Crippen LogP contribution >= 0.6 is 11.6 Å². The quantitative estimate of drug-likeness (QED) is 0.887. The molecular weight excluding hydrogens is 295 g/mol. The van der Waals surface area contributed by atoms with Gasteiger partial charge in [0.15, 0.2) is 5.78 Å². The SMILES string of the molecule is O=C1Cc2c(C(=O)Cc3ccc(F)c(Cl)c3)ccnc2N1. The predicted molar refractivity (Wildman–Crippen MR) is 76.0 cm³/mol. The molecule has 0 saturated heterocycles. The van der Waals surface area contributed by atoms with E-state index in [-0.39, 0.29) is 29.6 Å². The van der Waals surface area contributed by atoms with E-state index < -0.39 is 5.82 Å². The number of Topliss-reactive ketones (excluding diaryl/α,β-unsaturated/α-hetero) is 1. The van der Waals surface area contributed by atoms with Crippen LogP contribution in [-0.2, 0) is 17.6 Å². The van der Waals surface area contributed by atoms with Gasteiger partial charge in [-0.3, -0.25) is 9.59 Å². The molecule has 0 spiro atoms. The van der Waals surface area contributed by atoms with E-state index in [1.54, 1.807) is 6.07 Å². The molecule has 2 aromatic rings. The molecule has 1 aliphatic rings. The molecule has 4 nitrogen and oxygen atoms in total. The molecule has 0 aliphatic carbocycles. The molecule has 0 bridgehead atoms. The van der Waals surface area contributed by atoms with Crippen LogP contribution in [0, 0.1) is 5.82 Å². The summed E-state index contributed by atoms with van der Waals surface area (Å²) in [7, 11) is 0. The number of ketones is 1. The van der Waals surface area contributed by atoms with Gasteiger partial charge in [0.05, 0.1) is 11.4 Å². The minimum atomic E-state index is -0.521. The summed E-state index contributed by atoms with van der Waals surface area (Å²) in [4.78, 5) is 27.8. The lowest BCUT2D eigenvalue weighted by molar-refractivity contribution is -0.115. The Morgan fingerprint density at radius 1 is 1.38 bits per heavy atom. The van der Waals surface area contributed by atoms with Gasteiger partial charge in [0.2, 0.25) is 5.91 Å². The maximum Gasteiger partial charge on any atom is 0.230 e. The number of nitrogens with one attached hydrogen (secondary N) is 1. The van der Waals surface area contributed by atoms with Crippen molar-refractivity contribution in [2.45, 2.75) is 12.8 Å². The number of carbonyl (C=O) groups is 2. The van der Waals surface area contributed by atoms with Crippen LogP contribution in [0.2, 0.25) is 5.02 Å². The molecule has 21 heavy (non-hydrogen) atoms. The van der Waals surface area contributed by atoms with E-state index in [1.165, 1.54) is 24.4 Å². The largest absolute Gasteiger partial charge is 0.310 e. The van der Waals surface area contributed by atoms with E-state index >= 15 is 0 Å². The normalized spacial score (nSPS) is 13.0. The predicted octanol–water partition coefficient (Wildman–Crippen LogP) is 2.79. The molecule has 0 fully saturated rings. The lowest BCUT2D eigenvalue weighted by Gasteiger charge is -2.06. The van der Waals surface area contributed by atoms with Crippen LogP contribution in [0.1, 0.15) is 21.5 Å². The van der Waals surface area contributed by atoms with E-state index in [4.69, 9.17) is 11.6 Å². The molecule has 3 rings (SSSR count). The molecule has 1 N–H and O–H groups in total. The van der Waals surface area contributed by atoms with Crippen molar-refractivity contribution in [3.8, 4) is 0 Å². The zero-order valence-electron chi connectivity index (χ0n) is 10.8. The third kappa shape index (κ3) is 2.64. The highest BCUT2D eigenvalue weighted by atomic mass is 35.5. The van der Waals surface area contributed by atoms with Gasteiger partial charge in [-0.2, -0.15) is 0 Å². The van der Waals surface area contributed by atoms with Crippen LogP contribution in [-0.4, -0.2) is 16.7 Å². The van der Waals surface area contributed by atoms with Gasteiger partial charge < -0.3 is 5.32 Å². The first-order valence-corrected chi connectivity index (χ1v) is 6.67. The number of nitrogens with zero attached hydrogens (tertiary/aromatic N) is 1. The lowest BCUT2D eigenvalue weighted by atomic mass is 9.99. The third-order valence-electron chi connectivity index (χ3n) is 3.30. The molecule has 0 saturated carbocycles. The van der Waals surface area contributed by atoms with Gasteiger partial charge in [-0.25, -0.2) is 9.37 Å². The average molecular weight is 305 g/mol. The van der Waals surface area contributed by atoms with Gasteiger partial charge >= 0.3 is 0 Å². The Morgan fingerprint density at radius 2 is 2.19 bits per heavy atom. The fraction of sp³-hybridized carbons (Fsp3) is 0.133. The number of amides is 1. The molecule has 0 atom stereocenters. The Labute approximate surface area is 125 Å². The third-order valence-corrected chi connectivity index (χ3v) is 3.59. The summed E-state index contributed by atoms with van der Waals surface area (Å²) >= 11 is 5.71. The second-order valence-corrected chi connectivity index (χ2v) is 5.17. The van der Waals surface area contributed by atoms with Gasteiger partial charge in [-0.05, 0) is 23.8 Å². The standard InChI is InChI=1S/C15H10ClFN2O2/c16-11-5-8(1-2-12(11)17)6-13(20)9-3-4-18-15-10(9)7-14(21)19-15/h1-5H,6-7H2,(H,18,19,21). The number of hydrogen-bond acceptors (Lipinski definition) is 3. The van der Waals surface area contributed by atoms with Gasteiger partial charge in [0.1, 0.15) is 11.6 Å². The summed E-state index contributed by atoms with van der Waals surface area (Å²) in [6, 6.07) is 5.77. The van der Waals surface area contributed by atoms with Crippen molar-refractivity contribution >= 4 is 29.1 Å². The fourth-order valence-electron chi connectivity index (χ4n) is 2.31. The van der Waals surface area contributed by atoms with Crippen LogP contribution in [0.5, 0.6) is 0 Å². The van der Waals surface area contributed by atoms with Gasteiger partial charge in [-0.15, -0.1) is 0 Å². The highest BCUT2D eigenvalue weighted by Gasteiger charge is 2.24. The van der Waals surface area contributed by atoms with Gasteiger partial charge in [-0.1, -0.05) is 17.7 Å². The van der Waals surface area contributed by atoms with Crippen molar-refractivity contribution in [3.63, 3.8) is 0 Å². The number of hydrogen-bond donors (Lipinski definition) is 1. The number of pyridine rings is 1. The van der Waals surface area contributed by atoms with Crippen LogP contribution in [0.4, 0.5) is 10.2 Å². The molecule has 1 aromatic carbocycles. The van der Waals surface area contributed by atoms with Crippen molar-refractivity contribution in [3.05, 3.63) is 58.0 Å². The number of halogens is 2. The fourth-order valence-corrected chi connectivity index (χ4v) is 2.51. The van der Waals surface area contributed by atoms with Crippen LogP contribution < -0.4 is 5.32 Å². The topological polar surface area (TPSA) is 59.1 Å². The van der Waals surface area contributed by atoms with Crippen molar-refractivity contribution in [2.75, 3.05) is 5.32 Å². The summed E-state index contributed by atoms with van der Waals surface area (Å²) in [5.41, 5.74) is 1.69. The number of fused-ring (bicyclic) bond motifs is 1. The molecule has 2 heterocycles. The number of benzene rings is 1. The Balaban J connectivity index is 1.88. The maximum atomic E-state index is 13.1. The summed E-state index contributed by atoms with van der Waals surface area (Å²) in [6.07, 6.45) is 1.72. The number of rotatable bonds is 3. The molecule has 0 unspecified atom stereocenters. The van der Waals surface area contributed by atoms with Crippen LogP contribution in [0.3, 0.4) is 0 Å². The first-order chi connectivity index (χ1) is 10.0. The molecule has 1 aromatic heterocycles. The summed E-state index contributed by atoms with van der Waals surface area (Å²) < 4.78 is 13.1. The van der Waals surface area contributed by atoms with E-state index in [9.17, 15) is 14.0 Å². The lowest BCUT2D eigenvalue weighted by Crippen LogP contribution is -2.07.